The summed E-state index contributed by atoms with van der Waals surface area (Å²) in [6.07, 6.45) is 17.0. The van der Waals surface area contributed by atoms with Gasteiger partial charge in [0.05, 0.1) is 12.5 Å². The average molecular weight is 371 g/mol. The van der Waals surface area contributed by atoms with Crippen LogP contribution in [-0.2, 0) is 9.59 Å². The highest BCUT2D eigenvalue weighted by atomic mass is 16.4. The molecule has 0 aliphatic carbocycles. The van der Waals surface area contributed by atoms with Crippen LogP contribution in [-0.4, -0.2) is 33.4 Å². The third kappa shape index (κ3) is 17.5. The average Bonchev–Trinajstić information content (AvgIpc) is 2.56. The van der Waals surface area contributed by atoms with Crippen molar-refractivity contribution in [1.82, 2.24) is 0 Å². The first-order chi connectivity index (χ1) is 12.4. The van der Waals surface area contributed by atoms with Crippen molar-refractivity contribution in [1.29, 1.82) is 0 Å². The van der Waals surface area contributed by atoms with Gasteiger partial charge in [-0.15, -0.1) is 0 Å². The molecule has 0 aromatic heterocycles. The summed E-state index contributed by atoms with van der Waals surface area (Å²) < 4.78 is 0. The fourth-order valence-electron chi connectivity index (χ4n) is 3.03. The maximum absolute atomic E-state index is 10.9. The first kappa shape index (κ1) is 24.6. The number of allylic oxidation sites excluding steroid dienone is 1. The Morgan fingerprint density at radius 2 is 1.19 bits per heavy atom. The molecule has 0 aliphatic rings. The van der Waals surface area contributed by atoms with Crippen molar-refractivity contribution >= 4 is 11.9 Å². The lowest BCUT2D eigenvalue weighted by Crippen LogP contribution is -2.06. The molecule has 0 radical (unpaired) electrons. The molecule has 0 heterocycles. The monoisotopic (exact) mass is 370 g/mol. The van der Waals surface area contributed by atoms with Crippen LogP contribution in [0.1, 0.15) is 103 Å². The van der Waals surface area contributed by atoms with Crippen molar-refractivity contribution in [2.24, 2.45) is 0 Å². The molecule has 0 fully saturated rings. The zero-order valence-corrected chi connectivity index (χ0v) is 16.4. The number of rotatable bonds is 18. The van der Waals surface area contributed by atoms with Crippen LogP contribution < -0.4 is 0 Å². The van der Waals surface area contributed by atoms with Gasteiger partial charge in [0.2, 0.25) is 0 Å². The summed E-state index contributed by atoms with van der Waals surface area (Å²) in [5.74, 6) is -2.23. The van der Waals surface area contributed by atoms with E-state index in [2.05, 4.69) is 0 Å². The predicted octanol–water partition coefficient (Wildman–Crippen LogP) is 5.31. The van der Waals surface area contributed by atoms with E-state index in [1.54, 1.807) is 6.08 Å². The van der Waals surface area contributed by atoms with Gasteiger partial charge in [-0.05, 0) is 26.2 Å². The Morgan fingerprint density at radius 3 is 1.58 bits per heavy atom. The van der Waals surface area contributed by atoms with Crippen LogP contribution in [0.3, 0.4) is 0 Å². The quantitative estimate of drug-likeness (QED) is 0.224. The second kappa shape index (κ2) is 17.1. The summed E-state index contributed by atoms with van der Waals surface area (Å²) in [7, 11) is 0. The molecule has 1 atom stereocenters. The number of aliphatic hydroxyl groups is 1. The molecule has 0 saturated carbocycles. The van der Waals surface area contributed by atoms with Gasteiger partial charge in [-0.3, -0.25) is 4.79 Å². The van der Waals surface area contributed by atoms with E-state index in [4.69, 9.17) is 10.2 Å². The van der Waals surface area contributed by atoms with E-state index in [1.807, 2.05) is 6.92 Å². The van der Waals surface area contributed by atoms with E-state index in [1.165, 1.54) is 51.4 Å². The van der Waals surface area contributed by atoms with E-state index in [9.17, 15) is 14.7 Å². The fourth-order valence-corrected chi connectivity index (χ4v) is 3.03. The number of carbonyl (C=O) groups is 2. The third-order valence-electron chi connectivity index (χ3n) is 4.58. The molecule has 26 heavy (non-hydrogen) atoms. The molecule has 3 N–H and O–H groups in total. The van der Waals surface area contributed by atoms with Crippen LogP contribution in [0.4, 0.5) is 0 Å². The van der Waals surface area contributed by atoms with Gasteiger partial charge in [0, 0.05) is 5.57 Å². The van der Waals surface area contributed by atoms with Gasteiger partial charge >= 0.3 is 11.9 Å². The van der Waals surface area contributed by atoms with Gasteiger partial charge in [-0.1, -0.05) is 76.7 Å². The molecular weight excluding hydrogens is 332 g/mol. The Bertz CT molecular complexity index is 401. The Balaban J connectivity index is 3.38. The normalized spacial score (nSPS) is 12.9. The van der Waals surface area contributed by atoms with Gasteiger partial charge in [-0.25, -0.2) is 4.79 Å². The van der Waals surface area contributed by atoms with Gasteiger partial charge < -0.3 is 15.3 Å². The number of carboxylic acids is 2. The van der Waals surface area contributed by atoms with E-state index >= 15 is 0 Å². The molecule has 0 aromatic carbocycles. The molecular formula is C21H38O5. The number of unbranched alkanes of at least 4 members (excludes halogenated alkanes) is 12. The number of carboxylic acid groups (broad SMARTS) is 2. The highest BCUT2D eigenvalue weighted by molar-refractivity contribution is 5.91. The Morgan fingerprint density at radius 1 is 0.769 bits per heavy atom. The van der Waals surface area contributed by atoms with Crippen LogP contribution in [0, 0.1) is 0 Å². The zero-order valence-electron chi connectivity index (χ0n) is 16.4. The van der Waals surface area contributed by atoms with Crippen LogP contribution in [0.5, 0.6) is 0 Å². The van der Waals surface area contributed by atoms with Crippen molar-refractivity contribution in [3.8, 4) is 0 Å². The molecule has 0 amide bonds. The van der Waals surface area contributed by atoms with E-state index in [0.717, 1.165) is 32.1 Å². The largest absolute Gasteiger partial charge is 0.481 e. The molecule has 5 heteroatoms. The molecule has 5 nitrogen and oxygen atoms in total. The minimum Gasteiger partial charge on any atom is -0.481 e. The van der Waals surface area contributed by atoms with Gasteiger partial charge in [0.25, 0.3) is 0 Å². The standard InChI is InChI=1S/C21H38O5/c1-18(22)15-13-11-9-7-5-3-2-4-6-8-10-12-14-16-19(21(25)26)17-20(23)24/h16,18,22H,2-15,17H2,1H3,(H,23,24)(H,25,26)/b19-16+. The SMILES string of the molecule is CC(O)CCCCCCCCCCCCCC/C=C(\CC(=O)O)C(=O)O. The summed E-state index contributed by atoms with van der Waals surface area (Å²) in [5, 5.41) is 26.7. The molecule has 152 valence electrons. The molecule has 0 rings (SSSR count). The van der Waals surface area contributed by atoms with E-state index in [0.29, 0.717) is 6.42 Å². The lowest BCUT2D eigenvalue weighted by Gasteiger charge is -2.04. The van der Waals surface area contributed by atoms with E-state index < -0.39 is 18.4 Å². The second-order valence-corrected chi connectivity index (χ2v) is 7.27. The van der Waals surface area contributed by atoms with Crippen molar-refractivity contribution in [3.05, 3.63) is 11.6 Å². The smallest absolute Gasteiger partial charge is 0.331 e. The van der Waals surface area contributed by atoms with Gasteiger partial charge in [-0.2, -0.15) is 0 Å². The van der Waals surface area contributed by atoms with Crippen LogP contribution in [0.15, 0.2) is 11.6 Å². The first-order valence-electron chi connectivity index (χ1n) is 10.3. The minimum absolute atomic E-state index is 0.0108. The van der Waals surface area contributed by atoms with Crippen LogP contribution in [0.25, 0.3) is 0 Å². The first-order valence-corrected chi connectivity index (χ1v) is 10.3. The number of aliphatic hydroxyl groups excluding tert-OH is 1. The lowest BCUT2D eigenvalue weighted by atomic mass is 10.0. The lowest BCUT2D eigenvalue weighted by molar-refractivity contribution is -0.139. The highest BCUT2D eigenvalue weighted by Gasteiger charge is 2.10. The van der Waals surface area contributed by atoms with Crippen molar-refractivity contribution in [2.75, 3.05) is 0 Å². The molecule has 1 unspecified atom stereocenters. The van der Waals surface area contributed by atoms with E-state index in [-0.39, 0.29) is 11.7 Å². The summed E-state index contributed by atoms with van der Waals surface area (Å²) in [4.78, 5) is 21.5. The highest BCUT2D eigenvalue weighted by Crippen LogP contribution is 2.14. The number of aliphatic carboxylic acids is 2. The Hall–Kier alpha value is -1.36. The molecule has 0 spiro atoms. The Labute approximate surface area is 158 Å². The van der Waals surface area contributed by atoms with Crippen LogP contribution in [0.2, 0.25) is 0 Å². The maximum Gasteiger partial charge on any atom is 0.331 e. The zero-order chi connectivity index (χ0) is 19.6. The molecule has 0 aliphatic heterocycles. The number of hydrogen-bond donors (Lipinski definition) is 3. The molecule has 0 saturated heterocycles. The van der Waals surface area contributed by atoms with Crippen molar-refractivity contribution < 1.29 is 24.9 Å². The topological polar surface area (TPSA) is 94.8 Å². The van der Waals surface area contributed by atoms with Crippen molar-refractivity contribution in [2.45, 2.75) is 109 Å². The third-order valence-corrected chi connectivity index (χ3v) is 4.58. The fraction of sp³-hybridized carbons (Fsp3) is 0.810. The molecule has 0 aromatic rings. The molecule has 0 bridgehead atoms. The summed E-state index contributed by atoms with van der Waals surface area (Å²) >= 11 is 0. The predicted molar refractivity (Wildman–Crippen MR) is 104 cm³/mol. The summed E-state index contributed by atoms with van der Waals surface area (Å²) in [6, 6.07) is 0. The maximum atomic E-state index is 10.9. The van der Waals surface area contributed by atoms with Crippen LogP contribution >= 0.6 is 0 Å². The van der Waals surface area contributed by atoms with Crippen molar-refractivity contribution in [3.63, 3.8) is 0 Å². The van der Waals surface area contributed by atoms with Gasteiger partial charge in [0.15, 0.2) is 0 Å². The Kier molecular flexibility index (Phi) is 16.2. The minimum atomic E-state index is -1.13. The second-order valence-electron chi connectivity index (χ2n) is 7.27. The summed E-state index contributed by atoms with van der Waals surface area (Å²) in [5.41, 5.74) is -0.0108. The summed E-state index contributed by atoms with van der Waals surface area (Å²) in [6.45, 7) is 1.85. The van der Waals surface area contributed by atoms with Gasteiger partial charge in [0.1, 0.15) is 0 Å². The number of hydrogen-bond acceptors (Lipinski definition) is 3.